The van der Waals surface area contributed by atoms with E-state index in [1.54, 1.807) is 0 Å². The zero-order valence-electron chi connectivity index (χ0n) is 26.2. The molecule has 0 radical (unpaired) electrons. The van der Waals surface area contributed by atoms with Gasteiger partial charge in [-0.15, -0.1) is 0 Å². The molecule has 48 heavy (non-hydrogen) atoms. The van der Waals surface area contributed by atoms with E-state index in [1.165, 1.54) is 82.3 Å². The summed E-state index contributed by atoms with van der Waals surface area (Å²) >= 11 is 0. The molecule has 224 valence electrons. The highest BCUT2D eigenvalue weighted by molar-refractivity contribution is 6.29. The van der Waals surface area contributed by atoms with Crippen molar-refractivity contribution in [3.63, 3.8) is 0 Å². The number of para-hydroxylation sites is 3. The quantitative estimate of drug-likeness (QED) is 0.188. The van der Waals surface area contributed by atoms with Crippen molar-refractivity contribution in [2.75, 3.05) is 0 Å². The van der Waals surface area contributed by atoms with Crippen LogP contribution in [0.5, 0.6) is 0 Å². The predicted octanol–water partition coefficient (Wildman–Crippen LogP) is 12.4. The Balaban J connectivity index is 1.25. The lowest BCUT2D eigenvalue weighted by molar-refractivity contribution is 1.17. The molecular formula is C46H30N2. The first-order chi connectivity index (χ1) is 23.8. The number of fused-ring (bicyclic) bond motifs is 8. The highest BCUT2D eigenvalue weighted by Crippen LogP contribution is 2.43. The summed E-state index contributed by atoms with van der Waals surface area (Å²) in [6, 6.07) is 66.1. The van der Waals surface area contributed by atoms with E-state index in [0.717, 1.165) is 5.69 Å². The zero-order valence-corrected chi connectivity index (χ0v) is 26.2. The van der Waals surface area contributed by atoms with E-state index in [2.05, 4.69) is 191 Å². The van der Waals surface area contributed by atoms with E-state index in [9.17, 15) is 0 Å². The molecule has 0 fully saturated rings. The maximum Gasteiger partial charge on any atom is 0.0549 e. The molecular weight excluding hydrogens is 581 g/mol. The van der Waals surface area contributed by atoms with Gasteiger partial charge >= 0.3 is 0 Å². The van der Waals surface area contributed by atoms with Gasteiger partial charge in [-0.3, -0.25) is 0 Å². The van der Waals surface area contributed by atoms with Gasteiger partial charge in [-0.25, -0.2) is 0 Å². The van der Waals surface area contributed by atoms with Gasteiger partial charge in [0.1, 0.15) is 0 Å². The van der Waals surface area contributed by atoms with Gasteiger partial charge in [0.05, 0.1) is 27.8 Å². The van der Waals surface area contributed by atoms with Gasteiger partial charge in [-0.1, -0.05) is 133 Å². The summed E-state index contributed by atoms with van der Waals surface area (Å²) in [5.74, 6) is 0. The van der Waals surface area contributed by atoms with Crippen LogP contribution in [-0.2, 0) is 0 Å². The number of rotatable bonds is 4. The Morgan fingerprint density at radius 2 is 0.854 bits per heavy atom. The molecule has 0 unspecified atom stereocenters. The van der Waals surface area contributed by atoms with Crippen molar-refractivity contribution in [2.24, 2.45) is 0 Å². The molecule has 0 aliphatic rings. The van der Waals surface area contributed by atoms with Crippen LogP contribution < -0.4 is 0 Å². The number of benzene rings is 8. The molecule has 8 aromatic carbocycles. The van der Waals surface area contributed by atoms with Crippen LogP contribution in [0.15, 0.2) is 182 Å². The molecule has 0 aliphatic heterocycles. The summed E-state index contributed by atoms with van der Waals surface area (Å²) in [5.41, 5.74) is 12.0. The Morgan fingerprint density at radius 1 is 0.312 bits per heavy atom. The first-order valence-electron chi connectivity index (χ1n) is 16.5. The normalized spacial score (nSPS) is 11.8. The van der Waals surface area contributed by atoms with E-state index in [0.29, 0.717) is 0 Å². The third-order valence-corrected chi connectivity index (χ3v) is 9.91. The molecule has 0 aliphatic carbocycles. The van der Waals surface area contributed by atoms with Gasteiger partial charge in [0.2, 0.25) is 0 Å². The molecule has 10 aromatic rings. The van der Waals surface area contributed by atoms with E-state index >= 15 is 0 Å². The molecule has 2 aromatic heterocycles. The monoisotopic (exact) mass is 610 g/mol. The average Bonchev–Trinajstić information content (AvgIpc) is 3.68. The number of hydrogen-bond donors (Lipinski definition) is 0. The molecule has 0 N–H and O–H groups in total. The van der Waals surface area contributed by atoms with E-state index in [1.807, 2.05) is 0 Å². The van der Waals surface area contributed by atoms with E-state index in [4.69, 9.17) is 0 Å². The lowest BCUT2D eigenvalue weighted by Gasteiger charge is -2.15. The summed E-state index contributed by atoms with van der Waals surface area (Å²) in [4.78, 5) is 0. The van der Waals surface area contributed by atoms with Gasteiger partial charge in [0.15, 0.2) is 0 Å². The second-order valence-electron chi connectivity index (χ2n) is 12.6. The minimum absolute atomic E-state index is 1.16. The van der Waals surface area contributed by atoms with Crippen molar-refractivity contribution in [1.82, 2.24) is 9.13 Å². The fourth-order valence-corrected chi connectivity index (χ4v) is 7.76. The first-order valence-corrected chi connectivity index (χ1v) is 16.5. The van der Waals surface area contributed by atoms with Gasteiger partial charge in [0.25, 0.3) is 0 Å². The topological polar surface area (TPSA) is 9.86 Å². The summed E-state index contributed by atoms with van der Waals surface area (Å²) in [6.45, 7) is 0. The Bertz CT molecular complexity index is 2820. The smallest absolute Gasteiger partial charge is 0.0549 e. The van der Waals surface area contributed by atoms with Crippen LogP contribution in [0.2, 0.25) is 0 Å². The van der Waals surface area contributed by atoms with Crippen LogP contribution in [0.3, 0.4) is 0 Å². The molecule has 0 spiro atoms. The number of aromatic nitrogens is 2. The number of hydrogen-bond acceptors (Lipinski definition) is 0. The van der Waals surface area contributed by atoms with Gasteiger partial charge in [0, 0.05) is 32.8 Å². The van der Waals surface area contributed by atoms with Crippen LogP contribution >= 0.6 is 0 Å². The Kier molecular flexibility index (Phi) is 5.91. The average molecular weight is 611 g/mol. The van der Waals surface area contributed by atoms with E-state index in [-0.39, 0.29) is 0 Å². The minimum Gasteiger partial charge on any atom is -0.309 e. The molecule has 0 saturated heterocycles. The highest BCUT2D eigenvalue weighted by atomic mass is 15.0. The molecule has 2 heterocycles. The van der Waals surface area contributed by atoms with Crippen molar-refractivity contribution in [2.45, 2.75) is 0 Å². The summed E-state index contributed by atoms with van der Waals surface area (Å²) < 4.78 is 4.89. The van der Waals surface area contributed by atoms with Crippen molar-refractivity contribution in [1.29, 1.82) is 0 Å². The molecule has 0 saturated carbocycles. The fourth-order valence-electron chi connectivity index (χ4n) is 7.76. The van der Waals surface area contributed by atoms with Crippen molar-refractivity contribution in [3.05, 3.63) is 182 Å². The highest BCUT2D eigenvalue weighted by Gasteiger charge is 2.21. The molecule has 2 nitrogen and oxygen atoms in total. The Labute approximate surface area is 278 Å². The lowest BCUT2D eigenvalue weighted by Crippen LogP contribution is -1.97. The molecule has 0 atom stereocenters. The lowest BCUT2D eigenvalue weighted by atomic mass is 9.99. The van der Waals surface area contributed by atoms with Crippen LogP contribution in [0.4, 0.5) is 0 Å². The maximum absolute atomic E-state index is 2.47. The largest absolute Gasteiger partial charge is 0.309 e. The SMILES string of the molecule is c1ccc(-c2ccc(-n3c4ccccc4c4c5c6ccccc6n(-c6ccccc6-c6ccc7ccccc7c6)c5ccc43)cc2)cc1. The third kappa shape index (κ3) is 4.00. The first kappa shape index (κ1) is 26.8. The van der Waals surface area contributed by atoms with Crippen LogP contribution in [0, 0.1) is 0 Å². The van der Waals surface area contributed by atoms with Gasteiger partial charge in [-0.2, -0.15) is 0 Å². The summed E-state index contributed by atoms with van der Waals surface area (Å²) in [7, 11) is 0. The van der Waals surface area contributed by atoms with Gasteiger partial charge in [-0.05, 0) is 76.0 Å². The third-order valence-electron chi connectivity index (χ3n) is 9.91. The zero-order chi connectivity index (χ0) is 31.6. The van der Waals surface area contributed by atoms with Gasteiger partial charge < -0.3 is 9.13 Å². The van der Waals surface area contributed by atoms with Crippen LogP contribution in [0.1, 0.15) is 0 Å². The Morgan fingerprint density at radius 3 is 1.60 bits per heavy atom. The second-order valence-corrected chi connectivity index (χ2v) is 12.6. The van der Waals surface area contributed by atoms with Crippen molar-refractivity contribution >= 4 is 54.4 Å². The second kappa shape index (κ2) is 10.6. The van der Waals surface area contributed by atoms with E-state index < -0.39 is 0 Å². The Hall–Kier alpha value is -6.38. The molecule has 0 amide bonds. The summed E-state index contributed by atoms with van der Waals surface area (Å²) in [6.07, 6.45) is 0. The minimum atomic E-state index is 1.16. The van der Waals surface area contributed by atoms with Crippen LogP contribution in [-0.4, -0.2) is 9.13 Å². The molecule has 0 bridgehead atoms. The maximum atomic E-state index is 2.47. The summed E-state index contributed by atoms with van der Waals surface area (Å²) in [5, 5.41) is 7.59. The molecule has 2 heteroatoms. The van der Waals surface area contributed by atoms with Crippen LogP contribution in [0.25, 0.3) is 88.0 Å². The standard InChI is InChI=1S/C46H30N2/c1-2-12-31(13-3-1)33-24-26-36(27-25-33)47-41-20-10-7-17-38(41)45-43(47)28-29-44-46(45)39-18-8-11-21-42(39)48(44)40-19-9-6-16-37(40)35-23-22-32-14-4-5-15-34(32)30-35/h1-30H. The predicted molar refractivity (Wildman–Crippen MR) is 203 cm³/mol. The van der Waals surface area contributed by atoms with Crippen molar-refractivity contribution in [3.8, 4) is 33.6 Å². The molecule has 10 rings (SSSR count). The van der Waals surface area contributed by atoms with Crippen molar-refractivity contribution < 1.29 is 0 Å². The fraction of sp³-hybridized carbons (Fsp3) is 0. The number of nitrogens with zero attached hydrogens (tertiary/aromatic N) is 2.